The van der Waals surface area contributed by atoms with E-state index in [4.69, 9.17) is 5.10 Å². The molecule has 5 rings (SSSR count). The minimum atomic E-state index is -4.51. The van der Waals surface area contributed by atoms with Gasteiger partial charge in [0.1, 0.15) is 6.17 Å². The van der Waals surface area contributed by atoms with E-state index in [1.54, 1.807) is 29.7 Å². The number of aliphatic hydroxyl groups excluding tert-OH is 1. The van der Waals surface area contributed by atoms with Gasteiger partial charge in [-0.1, -0.05) is 12.5 Å². The molecule has 1 aromatic carbocycles. The first-order valence-electron chi connectivity index (χ1n) is 15.7. The van der Waals surface area contributed by atoms with Crippen LogP contribution in [-0.2, 0) is 25.7 Å². The highest BCUT2D eigenvalue weighted by atomic mass is 32.2. The van der Waals surface area contributed by atoms with Crippen molar-refractivity contribution in [3.8, 4) is 11.3 Å². The molecule has 1 N–H and O–H groups in total. The van der Waals surface area contributed by atoms with Gasteiger partial charge >= 0.3 is 12.2 Å². The number of amides is 2. The molecular formula is C31H44F4N6O2S. The third kappa shape index (κ3) is 8.07. The van der Waals surface area contributed by atoms with Gasteiger partial charge in [-0.2, -0.15) is 18.3 Å². The summed E-state index contributed by atoms with van der Waals surface area (Å²) in [7, 11) is 3.39. The van der Waals surface area contributed by atoms with E-state index in [0.717, 1.165) is 55.0 Å². The third-order valence-electron chi connectivity index (χ3n) is 8.83. The van der Waals surface area contributed by atoms with Crippen molar-refractivity contribution in [2.75, 3.05) is 65.7 Å². The first kappa shape index (κ1) is 33.0. The number of rotatable bonds is 9. The fraction of sp³-hybridized carbons (Fsp3) is 0.677. The molecule has 2 fully saturated rings. The molecule has 0 aliphatic carbocycles. The van der Waals surface area contributed by atoms with Crippen molar-refractivity contribution >= 4 is 17.8 Å². The van der Waals surface area contributed by atoms with Crippen LogP contribution in [0.1, 0.15) is 48.9 Å². The van der Waals surface area contributed by atoms with Gasteiger partial charge in [0.2, 0.25) is 0 Å². The summed E-state index contributed by atoms with van der Waals surface area (Å²) in [6.45, 7) is 5.33. The predicted octanol–water partition coefficient (Wildman–Crippen LogP) is 4.98. The minimum absolute atomic E-state index is 0.126. The number of hydrogen-bond donors (Lipinski definition) is 1. The van der Waals surface area contributed by atoms with Crippen LogP contribution in [0.15, 0.2) is 23.1 Å². The summed E-state index contributed by atoms with van der Waals surface area (Å²) in [5.74, 6) is 0.448. The van der Waals surface area contributed by atoms with Gasteiger partial charge in [0, 0.05) is 80.7 Å². The number of alkyl halides is 4. The average molecular weight is 641 g/mol. The Balaban J connectivity index is 1.42. The second kappa shape index (κ2) is 14.4. The number of carbonyl (C=O) groups excluding carboxylic acids is 1. The highest BCUT2D eigenvalue weighted by Crippen LogP contribution is 2.40. The fourth-order valence-electron chi connectivity index (χ4n) is 6.45. The highest BCUT2D eigenvalue weighted by Gasteiger charge is 2.35. The van der Waals surface area contributed by atoms with Gasteiger partial charge in [-0.25, -0.2) is 9.18 Å². The van der Waals surface area contributed by atoms with E-state index < -0.39 is 24.0 Å². The van der Waals surface area contributed by atoms with Crippen LogP contribution in [0.2, 0.25) is 0 Å². The molecule has 0 bridgehead atoms. The SMILES string of the molecule is CN(C)C(=O)N1CCc2c(c(-c3ccc(C(F)(F)F)c(SCCN4CCC(F)CC4)c3)nn2C[C@H](O)CN2CCCCC2)C1. The molecule has 44 heavy (non-hydrogen) atoms. The van der Waals surface area contributed by atoms with Gasteiger partial charge in [0.25, 0.3) is 0 Å². The zero-order chi connectivity index (χ0) is 31.4. The number of fused-ring (bicyclic) bond motifs is 1. The Morgan fingerprint density at radius 2 is 1.80 bits per heavy atom. The zero-order valence-electron chi connectivity index (χ0n) is 25.7. The Morgan fingerprint density at radius 3 is 2.48 bits per heavy atom. The minimum Gasteiger partial charge on any atom is -0.390 e. The Morgan fingerprint density at radius 1 is 1.07 bits per heavy atom. The molecule has 244 valence electrons. The van der Waals surface area contributed by atoms with Crippen LogP contribution in [0.25, 0.3) is 11.3 Å². The van der Waals surface area contributed by atoms with Crippen molar-refractivity contribution in [2.24, 2.45) is 0 Å². The van der Waals surface area contributed by atoms with Crippen LogP contribution in [-0.4, -0.2) is 118 Å². The van der Waals surface area contributed by atoms with Crippen LogP contribution >= 0.6 is 11.8 Å². The van der Waals surface area contributed by atoms with E-state index in [1.165, 1.54) is 17.4 Å². The number of benzene rings is 1. The number of β-amino-alcohol motifs (C(OH)–C–C–N with tert-alkyl or cyclic N) is 1. The quantitative estimate of drug-likeness (QED) is 0.308. The highest BCUT2D eigenvalue weighted by molar-refractivity contribution is 7.99. The standard InChI is InChI=1S/C31H44F4N6O2S/c1-37(2)30(43)40-15-10-27-25(21-40)29(36-41(27)20-24(42)19-39-11-4-3-5-12-39)22-6-7-26(31(33,34)35)28(18-22)44-17-16-38-13-8-23(32)9-14-38/h6-7,18,23-24,42H,3-5,8-17,19-21H2,1-2H3/t24-/m1/s1. The number of aliphatic hydroxyl groups is 1. The third-order valence-corrected chi connectivity index (χ3v) is 9.87. The molecule has 0 saturated carbocycles. The van der Waals surface area contributed by atoms with Gasteiger partial charge < -0.3 is 24.7 Å². The molecule has 2 saturated heterocycles. The summed E-state index contributed by atoms with van der Waals surface area (Å²) in [5, 5.41) is 15.9. The largest absolute Gasteiger partial charge is 0.417 e. The maximum atomic E-state index is 14.1. The van der Waals surface area contributed by atoms with E-state index in [0.29, 0.717) is 69.0 Å². The second-order valence-electron chi connectivity index (χ2n) is 12.4. The number of thioether (sulfide) groups is 1. The molecule has 1 aromatic heterocycles. The smallest absolute Gasteiger partial charge is 0.390 e. The molecule has 3 aliphatic heterocycles. The average Bonchev–Trinajstić information content (AvgIpc) is 3.34. The van der Waals surface area contributed by atoms with Crippen LogP contribution in [0, 0.1) is 0 Å². The van der Waals surface area contributed by atoms with Crippen molar-refractivity contribution in [3.63, 3.8) is 0 Å². The molecule has 0 radical (unpaired) electrons. The monoisotopic (exact) mass is 640 g/mol. The normalized spacial score (nSPS) is 19.7. The fourth-order valence-corrected chi connectivity index (χ4v) is 7.57. The predicted molar refractivity (Wildman–Crippen MR) is 163 cm³/mol. The lowest BCUT2D eigenvalue weighted by molar-refractivity contribution is -0.139. The summed E-state index contributed by atoms with van der Waals surface area (Å²) in [5.41, 5.74) is 2.12. The second-order valence-corrected chi connectivity index (χ2v) is 13.5. The van der Waals surface area contributed by atoms with Gasteiger partial charge in [-0.05, 0) is 50.9 Å². The molecule has 2 aromatic rings. The van der Waals surface area contributed by atoms with E-state index >= 15 is 0 Å². The van der Waals surface area contributed by atoms with E-state index in [2.05, 4.69) is 9.80 Å². The molecule has 0 spiro atoms. The van der Waals surface area contributed by atoms with Crippen LogP contribution < -0.4 is 0 Å². The summed E-state index contributed by atoms with van der Waals surface area (Å²) < 4.78 is 57.5. The number of carbonyl (C=O) groups is 1. The van der Waals surface area contributed by atoms with E-state index in [9.17, 15) is 27.5 Å². The van der Waals surface area contributed by atoms with Gasteiger partial charge in [0.05, 0.1) is 30.5 Å². The summed E-state index contributed by atoms with van der Waals surface area (Å²) in [6.07, 6.45) is -1.06. The number of nitrogens with zero attached hydrogens (tertiary/aromatic N) is 6. The van der Waals surface area contributed by atoms with Crippen LogP contribution in [0.4, 0.5) is 22.4 Å². The lowest BCUT2D eigenvalue weighted by Crippen LogP contribution is -2.42. The summed E-state index contributed by atoms with van der Waals surface area (Å²) >= 11 is 1.15. The van der Waals surface area contributed by atoms with Gasteiger partial charge in [0.15, 0.2) is 0 Å². The number of halogens is 4. The molecule has 3 aliphatic rings. The number of piperidine rings is 2. The molecule has 2 amide bonds. The van der Waals surface area contributed by atoms with Crippen molar-refractivity contribution in [3.05, 3.63) is 35.0 Å². The van der Waals surface area contributed by atoms with Crippen molar-refractivity contribution in [1.82, 2.24) is 29.4 Å². The lowest BCUT2D eigenvalue weighted by Gasteiger charge is -2.31. The number of likely N-dealkylation sites (tertiary alicyclic amines) is 2. The summed E-state index contributed by atoms with van der Waals surface area (Å²) in [4.78, 5) is 20.6. The number of hydrogen-bond acceptors (Lipinski definition) is 6. The van der Waals surface area contributed by atoms with Crippen LogP contribution in [0.3, 0.4) is 0 Å². The first-order chi connectivity index (χ1) is 21.0. The Labute approximate surface area is 261 Å². The summed E-state index contributed by atoms with van der Waals surface area (Å²) in [6, 6.07) is 4.00. The van der Waals surface area contributed by atoms with E-state index in [1.807, 2.05) is 0 Å². The number of urea groups is 1. The maximum absolute atomic E-state index is 14.1. The van der Waals surface area contributed by atoms with Crippen LogP contribution in [0.5, 0.6) is 0 Å². The first-order valence-corrected chi connectivity index (χ1v) is 16.6. The van der Waals surface area contributed by atoms with Crippen molar-refractivity contribution < 1.29 is 27.5 Å². The van der Waals surface area contributed by atoms with E-state index in [-0.39, 0.29) is 24.0 Å². The topological polar surface area (TPSA) is 68.1 Å². The Kier molecular flexibility index (Phi) is 10.8. The lowest BCUT2D eigenvalue weighted by atomic mass is 10.00. The molecule has 1 atom stereocenters. The zero-order valence-corrected chi connectivity index (χ0v) is 26.5. The molecular weight excluding hydrogens is 596 g/mol. The van der Waals surface area contributed by atoms with Gasteiger partial charge in [-0.15, -0.1) is 11.8 Å². The van der Waals surface area contributed by atoms with Crippen molar-refractivity contribution in [1.29, 1.82) is 0 Å². The molecule has 0 unspecified atom stereocenters. The maximum Gasteiger partial charge on any atom is 0.417 e. The number of aromatic nitrogens is 2. The molecule has 13 heteroatoms. The van der Waals surface area contributed by atoms with Gasteiger partial charge in [-0.3, -0.25) is 4.68 Å². The van der Waals surface area contributed by atoms with Crippen molar-refractivity contribution in [2.45, 2.75) is 75.0 Å². The molecule has 4 heterocycles. The Bertz CT molecular complexity index is 1270. The molecule has 8 nitrogen and oxygen atoms in total. The Hall–Kier alpha value is -2.35.